The molecule has 1 aliphatic rings. The van der Waals surface area contributed by atoms with Crippen molar-refractivity contribution in [2.24, 2.45) is 0 Å². The van der Waals surface area contributed by atoms with Crippen molar-refractivity contribution >= 4 is 0 Å². The number of hydrogen-bond acceptors (Lipinski definition) is 2. The molecule has 0 spiro atoms. The summed E-state index contributed by atoms with van der Waals surface area (Å²) in [5.41, 5.74) is -0.486. The Kier molecular flexibility index (Phi) is 2.57. The fourth-order valence-electron chi connectivity index (χ4n) is 3.12. The molecule has 2 rings (SSSR count). The number of hydrogen-bond donors (Lipinski definition) is 2. The first kappa shape index (κ1) is 7.81. The van der Waals surface area contributed by atoms with Crippen molar-refractivity contribution in [3.63, 3.8) is 0 Å². The summed E-state index contributed by atoms with van der Waals surface area (Å²) in [6, 6.07) is 6.21. The number of benzene rings is 1. The molecule has 1 fully saturated rings. The summed E-state index contributed by atoms with van der Waals surface area (Å²) in [5, 5.41) is 11.3. The second kappa shape index (κ2) is 6.59. The molecule has 20 heavy (non-hydrogen) atoms. The van der Waals surface area contributed by atoms with E-state index in [-0.39, 0.29) is 17.2 Å². The largest absolute Gasteiger partial charge is 0.497 e. The van der Waals surface area contributed by atoms with E-state index in [4.69, 9.17) is 15.7 Å². The molecular formula is C17H28NO2+. The van der Waals surface area contributed by atoms with Crippen LogP contribution in [0.2, 0.25) is 0 Å². The van der Waals surface area contributed by atoms with Crippen LogP contribution in [0.25, 0.3) is 0 Å². The van der Waals surface area contributed by atoms with Crippen molar-refractivity contribution < 1.29 is 25.7 Å². The van der Waals surface area contributed by atoms with E-state index in [1.807, 2.05) is 0 Å². The molecule has 1 saturated carbocycles. The molecule has 0 heterocycles. The summed E-state index contributed by atoms with van der Waals surface area (Å²) in [5.74, 6) is -0.444. The van der Waals surface area contributed by atoms with Crippen molar-refractivity contribution in [1.82, 2.24) is 0 Å². The highest BCUT2D eigenvalue weighted by Crippen LogP contribution is 2.39. The van der Waals surface area contributed by atoms with Crippen LogP contribution in [-0.4, -0.2) is 38.3 Å². The van der Waals surface area contributed by atoms with Crippen LogP contribution in [0, 0.1) is 0 Å². The van der Waals surface area contributed by atoms with Crippen LogP contribution >= 0.6 is 0 Å². The SMILES string of the molecule is [2H]C([2H])[NH+](C[C@H](c1ccc(OC([2H])([2H])[2H])cc1)C1(O)CCCCC1)C([2H])([2H])[2H]. The number of ether oxygens (including phenoxy) is 1. The molecule has 0 bridgehead atoms. The molecule has 1 aromatic rings. The average molecular weight is 286 g/mol. The van der Waals surface area contributed by atoms with Gasteiger partial charge < -0.3 is 14.7 Å². The zero-order valence-electron chi connectivity index (χ0n) is 19.6. The zero-order valence-corrected chi connectivity index (χ0v) is 11.6. The molecule has 0 amide bonds. The van der Waals surface area contributed by atoms with Crippen LogP contribution in [0.4, 0.5) is 0 Å². The molecule has 0 aromatic heterocycles. The lowest BCUT2D eigenvalue weighted by molar-refractivity contribution is -0.860. The van der Waals surface area contributed by atoms with Gasteiger partial charge in [0.05, 0.1) is 50.0 Å². The normalized spacial score (nSPS) is 28.5. The first-order valence-electron chi connectivity index (χ1n) is 11.2. The van der Waals surface area contributed by atoms with Gasteiger partial charge in [-0.05, 0) is 30.5 Å². The van der Waals surface area contributed by atoms with Crippen LogP contribution < -0.4 is 9.64 Å². The maximum atomic E-state index is 11.3. The predicted octanol–water partition coefficient (Wildman–Crippen LogP) is 1.62. The number of aliphatic hydroxyl groups is 1. The molecule has 2 N–H and O–H groups in total. The summed E-state index contributed by atoms with van der Waals surface area (Å²) in [7, 11) is -2.58. The molecular weight excluding hydrogens is 250 g/mol. The van der Waals surface area contributed by atoms with Gasteiger partial charge in [0.1, 0.15) is 5.75 Å². The van der Waals surface area contributed by atoms with Gasteiger partial charge in [-0.15, -0.1) is 0 Å². The van der Waals surface area contributed by atoms with E-state index < -0.39 is 32.5 Å². The van der Waals surface area contributed by atoms with Gasteiger partial charge in [0.25, 0.3) is 0 Å². The van der Waals surface area contributed by atoms with Crippen LogP contribution in [0.1, 0.15) is 54.6 Å². The highest BCUT2D eigenvalue weighted by Gasteiger charge is 2.40. The third kappa shape index (κ3) is 3.53. The minimum atomic E-state index is -2.58. The van der Waals surface area contributed by atoms with E-state index >= 15 is 0 Å². The number of quaternary nitrogens is 1. The predicted molar refractivity (Wildman–Crippen MR) is 81.4 cm³/mol. The second-order valence-electron chi connectivity index (χ2n) is 5.62. The van der Waals surface area contributed by atoms with Crippen LogP contribution in [-0.2, 0) is 0 Å². The summed E-state index contributed by atoms with van der Waals surface area (Å²) in [4.78, 5) is -0.209. The van der Waals surface area contributed by atoms with Crippen LogP contribution in [0.15, 0.2) is 24.3 Å². The fourth-order valence-corrected chi connectivity index (χ4v) is 3.12. The average Bonchev–Trinajstić information content (AvgIpc) is 2.54. The van der Waals surface area contributed by atoms with Gasteiger partial charge in [0, 0.05) is 0 Å². The van der Waals surface area contributed by atoms with Gasteiger partial charge in [-0.1, -0.05) is 31.4 Å². The Morgan fingerprint density at radius 3 is 2.65 bits per heavy atom. The third-order valence-electron chi connectivity index (χ3n) is 4.19. The Morgan fingerprint density at radius 2 is 2.05 bits per heavy atom. The summed E-state index contributed by atoms with van der Waals surface area (Å²) >= 11 is 0. The summed E-state index contributed by atoms with van der Waals surface area (Å²) in [6.45, 7) is -4.27. The van der Waals surface area contributed by atoms with Crippen LogP contribution in [0.5, 0.6) is 5.75 Å². The van der Waals surface area contributed by atoms with E-state index in [9.17, 15) is 5.11 Å². The second-order valence-corrected chi connectivity index (χ2v) is 5.62. The molecule has 0 radical (unpaired) electrons. The van der Waals surface area contributed by atoms with Crippen molar-refractivity contribution in [3.8, 4) is 5.75 Å². The lowest BCUT2D eigenvalue weighted by Gasteiger charge is -2.39. The lowest BCUT2D eigenvalue weighted by Crippen LogP contribution is -3.06. The Hall–Kier alpha value is -1.06. The van der Waals surface area contributed by atoms with Gasteiger partial charge >= 0.3 is 0 Å². The lowest BCUT2D eigenvalue weighted by atomic mass is 9.72. The van der Waals surface area contributed by atoms with E-state index in [0.717, 1.165) is 19.3 Å². The molecule has 1 aliphatic carbocycles. The van der Waals surface area contributed by atoms with Gasteiger partial charge in [-0.3, -0.25) is 0 Å². The number of likely N-dealkylation sites (N-methyl/N-ethyl adjacent to an activating group) is 1. The first-order valence-corrected chi connectivity index (χ1v) is 7.04. The molecule has 3 nitrogen and oxygen atoms in total. The Balaban J connectivity index is 2.35. The summed E-state index contributed by atoms with van der Waals surface area (Å²) in [6.07, 6.45) is 3.67. The maximum Gasteiger partial charge on any atom is 0.118 e. The molecule has 2 atom stereocenters. The topological polar surface area (TPSA) is 33.9 Å². The van der Waals surface area contributed by atoms with Crippen molar-refractivity contribution in [3.05, 3.63) is 29.8 Å². The standard InChI is InChI=1S/C17H27NO2/c1-18(2)13-16(17(19)11-5-4-6-12-17)14-7-9-15(20-3)10-8-14/h7-10,16,19H,4-6,11-13H2,1-3H3/p+1/t16-/m1/s1/i1D2,2D3,3D3. The monoisotopic (exact) mass is 286 g/mol. The molecule has 1 aromatic carbocycles. The van der Waals surface area contributed by atoms with Gasteiger partial charge in [0.2, 0.25) is 0 Å². The van der Waals surface area contributed by atoms with Gasteiger partial charge in [0.15, 0.2) is 0 Å². The van der Waals surface area contributed by atoms with Crippen molar-refractivity contribution in [1.29, 1.82) is 0 Å². The quantitative estimate of drug-likeness (QED) is 0.862. The number of nitrogens with one attached hydrogen (secondary N) is 1. The Bertz CT molecular complexity index is 624. The van der Waals surface area contributed by atoms with Gasteiger partial charge in [-0.2, -0.15) is 0 Å². The summed E-state index contributed by atoms with van der Waals surface area (Å²) < 4.78 is 64.7. The van der Waals surface area contributed by atoms with E-state index in [2.05, 4.69) is 0 Å². The fraction of sp³-hybridized carbons (Fsp3) is 0.647. The molecule has 1 unspecified atom stereocenters. The number of methoxy groups -OCH3 is 1. The van der Waals surface area contributed by atoms with E-state index in [1.165, 1.54) is 12.1 Å². The van der Waals surface area contributed by atoms with E-state index in [0.29, 0.717) is 18.4 Å². The Morgan fingerprint density at radius 1 is 1.30 bits per heavy atom. The van der Waals surface area contributed by atoms with Crippen LogP contribution in [0.3, 0.4) is 0 Å². The highest BCUT2D eigenvalue weighted by atomic mass is 16.5. The molecule has 0 aliphatic heterocycles. The Labute approximate surface area is 133 Å². The minimum Gasteiger partial charge on any atom is -0.497 e. The zero-order chi connectivity index (χ0) is 21.2. The highest BCUT2D eigenvalue weighted by molar-refractivity contribution is 5.31. The molecule has 0 saturated heterocycles. The molecule has 112 valence electrons. The smallest absolute Gasteiger partial charge is 0.118 e. The third-order valence-corrected chi connectivity index (χ3v) is 4.19. The minimum absolute atomic E-state index is 0.0931. The number of rotatable bonds is 5. The van der Waals surface area contributed by atoms with E-state index in [1.54, 1.807) is 12.1 Å². The van der Waals surface area contributed by atoms with Gasteiger partial charge in [-0.25, -0.2) is 0 Å². The first-order chi connectivity index (χ1) is 12.8. The van der Waals surface area contributed by atoms with Crippen molar-refractivity contribution in [2.45, 2.75) is 43.6 Å². The molecule has 3 heteroatoms. The maximum absolute atomic E-state index is 11.3. The van der Waals surface area contributed by atoms with Crippen molar-refractivity contribution in [2.75, 3.05) is 27.6 Å².